The highest BCUT2D eigenvalue weighted by Gasteiger charge is 2.15. The maximum atomic E-state index is 13.7. The SMILES string of the molecule is N#Cc1cc(F)ccc1-c1nc(-c2ccccc2)nc(-c2cccc(-c3ccccc3)c2)n1. The van der Waals surface area contributed by atoms with E-state index >= 15 is 0 Å². The molecule has 4 nitrogen and oxygen atoms in total. The highest BCUT2D eigenvalue weighted by atomic mass is 19.1. The number of benzene rings is 4. The van der Waals surface area contributed by atoms with Gasteiger partial charge in [-0.25, -0.2) is 19.3 Å². The molecule has 1 heterocycles. The Morgan fingerprint density at radius 3 is 1.82 bits per heavy atom. The zero-order valence-corrected chi connectivity index (χ0v) is 17.5. The molecule has 0 saturated carbocycles. The summed E-state index contributed by atoms with van der Waals surface area (Å²) in [7, 11) is 0. The van der Waals surface area contributed by atoms with E-state index in [1.807, 2.05) is 91.0 Å². The zero-order valence-electron chi connectivity index (χ0n) is 17.5. The van der Waals surface area contributed by atoms with E-state index in [4.69, 9.17) is 4.98 Å². The number of halogens is 1. The Morgan fingerprint density at radius 2 is 1.12 bits per heavy atom. The first-order chi connectivity index (χ1) is 16.2. The van der Waals surface area contributed by atoms with Gasteiger partial charge in [-0.1, -0.05) is 78.9 Å². The quantitative estimate of drug-likeness (QED) is 0.326. The number of hydrogen-bond donors (Lipinski definition) is 0. The maximum absolute atomic E-state index is 13.7. The largest absolute Gasteiger partial charge is 0.208 e. The predicted molar refractivity (Wildman–Crippen MR) is 126 cm³/mol. The summed E-state index contributed by atoms with van der Waals surface area (Å²) in [6.45, 7) is 0. The molecule has 4 aromatic carbocycles. The fourth-order valence-corrected chi connectivity index (χ4v) is 3.61. The first-order valence-electron chi connectivity index (χ1n) is 10.4. The minimum atomic E-state index is -0.483. The standard InChI is InChI=1S/C28H17FN4/c29-24-14-15-25(23(17-24)18-30)28-32-26(20-10-5-2-6-11-20)31-27(33-28)22-13-7-12-21(16-22)19-8-3-1-4-9-19/h1-17H. The molecule has 0 fully saturated rings. The average Bonchev–Trinajstić information content (AvgIpc) is 2.89. The first-order valence-corrected chi connectivity index (χ1v) is 10.4. The fraction of sp³-hybridized carbons (Fsp3) is 0. The summed E-state index contributed by atoms with van der Waals surface area (Å²) >= 11 is 0. The second kappa shape index (κ2) is 8.81. The molecular weight excluding hydrogens is 411 g/mol. The van der Waals surface area contributed by atoms with Crippen molar-refractivity contribution >= 4 is 0 Å². The van der Waals surface area contributed by atoms with E-state index in [-0.39, 0.29) is 5.56 Å². The lowest BCUT2D eigenvalue weighted by atomic mass is 10.0. The van der Waals surface area contributed by atoms with E-state index in [0.717, 1.165) is 22.3 Å². The Kier molecular flexibility index (Phi) is 5.40. The second-order valence-corrected chi connectivity index (χ2v) is 7.42. The monoisotopic (exact) mass is 428 g/mol. The Hall–Kier alpha value is -4.69. The van der Waals surface area contributed by atoms with Gasteiger partial charge in [-0.15, -0.1) is 0 Å². The molecule has 156 valence electrons. The van der Waals surface area contributed by atoms with E-state index in [1.54, 1.807) is 0 Å². The Morgan fingerprint density at radius 1 is 0.545 bits per heavy atom. The van der Waals surface area contributed by atoms with Crippen LogP contribution in [0.25, 0.3) is 45.3 Å². The summed E-state index contributed by atoms with van der Waals surface area (Å²) in [6.07, 6.45) is 0. The van der Waals surface area contributed by atoms with Crippen molar-refractivity contribution in [3.05, 3.63) is 115 Å². The number of nitriles is 1. The van der Waals surface area contributed by atoms with E-state index in [9.17, 15) is 9.65 Å². The van der Waals surface area contributed by atoms with Crippen molar-refractivity contribution in [3.63, 3.8) is 0 Å². The molecule has 0 aliphatic rings. The summed E-state index contributed by atoms with van der Waals surface area (Å²) in [5, 5.41) is 9.55. The van der Waals surface area contributed by atoms with Crippen LogP contribution in [0.2, 0.25) is 0 Å². The third-order valence-electron chi connectivity index (χ3n) is 5.24. The summed E-state index contributed by atoms with van der Waals surface area (Å²) in [5.41, 5.74) is 4.39. The molecule has 0 N–H and O–H groups in total. The zero-order chi connectivity index (χ0) is 22.6. The van der Waals surface area contributed by atoms with Crippen molar-refractivity contribution in [2.75, 3.05) is 0 Å². The van der Waals surface area contributed by atoms with E-state index in [2.05, 4.69) is 9.97 Å². The number of aromatic nitrogens is 3. The molecule has 1 aromatic heterocycles. The molecule has 5 aromatic rings. The van der Waals surface area contributed by atoms with Crippen molar-refractivity contribution in [1.29, 1.82) is 5.26 Å². The number of hydrogen-bond acceptors (Lipinski definition) is 4. The van der Waals surface area contributed by atoms with Gasteiger partial charge in [-0.2, -0.15) is 5.26 Å². The molecule has 0 aliphatic carbocycles. The van der Waals surface area contributed by atoms with Gasteiger partial charge in [-0.3, -0.25) is 0 Å². The van der Waals surface area contributed by atoms with Crippen LogP contribution in [0.1, 0.15) is 5.56 Å². The summed E-state index contributed by atoms with van der Waals surface area (Å²) in [6, 6.07) is 33.7. The lowest BCUT2D eigenvalue weighted by Gasteiger charge is -2.10. The van der Waals surface area contributed by atoms with Gasteiger partial charge >= 0.3 is 0 Å². The Labute approximate surface area is 190 Å². The predicted octanol–water partition coefficient (Wildman–Crippen LogP) is 6.55. The van der Waals surface area contributed by atoms with Crippen LogP contribution in [0.3, 0.4) is 0 Å². The molecule has 0 atom stereocenters. The molecule has 0 saturated heterocycles. The minimum Gasteiger partial charge on any atom is -0.208 e. The van der Waals surface area contributed by atoms with Gasteiger partial charge < -0.3 is 0 Å². The molecule has 33 heavy (non-hydrogen) atoms. The molecule has 0 bridgehead atoms. The van der Waals surface area contributed by atoms with Gasteiger partial charge in [0.05, 0.1) is 11.6 Å². The fourth-order valence-electron chi connectivity index (χ4n) is 3.61. The highest BCUT2D eigenvalue weighted by molar-refractivity contribution is 5.73. The van der Waals surface area contributed by atoms with Crippen molar-refractivity contribution in [2.24, 2.45) is 0 Å². The van der Waals surface area contributed by atoms with Crippen molar-refractivity contribution in [2.45, 2.75) is 0 Å². The van der Waals surface area contributed by atoms with Crippen LogP contribution in [0, 0.1) is 17.1 Å². The van der Waals surface area contributed by atoms with Crippen molar-refractivity contribution in [3.8, 4) is 51.4 Å². The van der Waals surface area contributed by atoms with Crippen LogP contribution in [0.5, 0.6) is 0 Å². The first kappa shape index (κ1) is 20.2. The van der Waals surface area contributed by atoms with Gasteiger partial charge in [0, 0.05) is 16.7 Å². The van der Waals surface area contributed by atoms with Crippen LogP contribution >= 0.6 is 0 Å². The van der Waals surface area contributed by atoms with E-state index < -0.39 is 5.82 Å². The van der Waals surface area contributed by atoms with E-state index in [0.29, 0.717) is 23.0 Å². The molecule has 0 unspecified atom stereocenters. The van der Waals surface area contributed by atoms with Gasteiger partial charge in [0.2, 0.25) is 0 Å². The highest BCUT2D eigenvalue weighted by Crippen LogP contribution is 2.29. The van der Waals surface area contributed by atoms with Gasteiger partial charge in [0.1, 0.15) is 5.82 Å². The van der Waals surface area contributed by atoms with Crippen molar-refractivity contribution in [1.82, 2.24) is 15.0 Å². The molecule has 5 rings (SSSR count). The smallest absolute Gasteiger partial charge is 0.165 e. The van der Waals surface area contributed by atoms with Crippen molar-refractivity contribution < 1.29 is 4.39 Å². The number of rotatable bonds is 4. The lowest BCUT2D eigenvalue weighted by Crippen LogP contribution is -2.01. The van der Waals surface area contributed by atoms with Crippen LogP contribution in [-0.2, 0) is 0 Å². The molecule has 0 aliphatic heterocycles. The van der Waals surface area contributed by atoms with Gasteiger partial charge in [0.25, 0.3) is 0 Å². The Balaban J connectivity index is 1.70. The van der Waals surface area contributed by atoms with Gasteiger partial charge in [0.15, 0.2) is 17.5 Å². The van der Waals surface area contributed by atoms with Crippen LogP contribution < -0.4 is 0 Å². The third kappa shape index (κ3) is 4.23. The van der Waals surface area contributed by atoms with Crippen LogP contribution in [-0.4, -0.2) is 15.0 Å². The molecule has 0 spiro atoms. The summed E-state index contributed by atoms with van der Waals surface area (Å²) in [5.74, 6) is 0.794. The molecule has 0 amide bonds. The maximum Gasteiger partial charge on any atom is 0.165 e. The third-order valence-corrected chi connectivity index (χ3v) is 5.24. The molecule has 5 heteroatoms. The van der Waals surface area contributed by atoms with E-state index in [1.165, 1.54) is 18.2 Å². The average molecular weight is 428 g/mol. The lowest BCUT2D eigenvalue weighted by molar-refractivity contribution is 0.627. The Bertz CT molecular complexity index is 1480. The minimum absolute atomic E-state index is 0.171. The topological polar surface area (TPSA) is 62.5 Å². The second-order valence-electron chi connectivity index (χ2n) is 7.42. The van der Waals surface area contributed by atoms with Crippen LogP contribution in [0.15, 0.2) is 103 Å². The summed E-state index contributed by atoms with van der Waals surface area (Å²) in [4.78, 5) is 14.0. The van der Waals surface area contributed by atoms with Gasteiger partial charge in [-0.05, 0) is 35.4 Å². The molecule has 0 radical (unpaired) electrons. The molecular formula is C28H17FN4. The number of nitrogens with zero attached hydrogens (tertiary/aromatic N) is 4. The normalized spacial score (nSPS) is 10.5. The van der Waals surface area contributed by atoms with Crippen LogP contribution in [0.4, 0.5) is 4.39 Å². The summed E-state index contributed by atoms with van der Waals surface area (Å²) < 4.78 is 13.7.